The van der Waals surface area contributed by atoms with Crippen molar-refractivity contribution in [3.63, 3.8) is 0 Å². The highest BCUT2D eigenvalue weighted by molar-refractivity contribution is 5.85. The first-order valence-corrected chi connectivity index (χ1v) is 6.29. The van der Waals surface area contributed by atoms with Gasteiger partial charge in [-0.15, -0.1) is 25.6 Å². The molecule has 0 bridgehead atoms. The van der Waals surface area contributed by atoms with Crippen molar-refractivity contribution in [3.8, 4) is 11.5 Å². The van der Waals surface area contributed by atoms with Crippen molar-refractivity contribution in [2.24, 2.45) is 11.7 Å². The van der Waals surface area contributed by atoms with Crippen molar-refractivity contribution in [3.05, 3.63) is 23.8 Å². The van der Waals surface area contributed by atoms with Crippen molar-refractivity contribution in [2.75, 3.05) is 13.2 Å². The van der Waals surface area contributed by atoms with Gasteiger partial charge in [-0.3, -0.25) is 0 Å². The number of hydrogen-bond acceptors (Lipinski definition) is 4. The molecule has 1 saturated heterocycles. The van der Waals surface area contributed by atoms with Gasteiger partial charge in [-0.2, -0.15) is 0 Å². The molecular formula is C13H17ClF3NO3. The molecule has 0 spiro atoms. The van der Waals surface area contributed by atoms with Crippen molar-refractivity contribution in [1.82, 2.24) is 0 Å². The van der Waals surface area contributed by atoms with E-state index in [9.17, 15) is 18.3 Å². The van der Waals surface area contributed by atoms with E-state index >= 15 is 0 Å². The maximum absolute atomic E-state index is 12.2. The minimum Gasteiger partial charge on any atom is -0.504 e. The van der Waals surface area contributed by atoms with E-state index in [1.54, 1.807) is 0 Å². The molecule has 0 aliphatic carbocycles. The third-order valence-electron chi connectivity index (χ3n) is 3.39. The molecule has 21 heavy (non-hydrogen) atoms. The zero-order chi connectivity index (χ0) is 14.8. The van der Waals surface area contributed by atoms with Crippen molar-refractivity contribution in [1.29, 1.82) is 0 Å². The summed E-state index contributed by atoms with van der Waals surface area (Å²) in [5.74, 6) is -1.11. The second-order valence-electron chi connectivity index (χ2n) is 4.72. The number of halogens is 4. The van der Waals surface area contributed by atoms with Crippen LogP contribution in [-0.2, 0) is 4.74 Å². The van der Waals surface area contributed by atoms with E-state index in [1.807, 2.05) is 0 Å². The van der Waals surface area contributed by atoms with Crippen LogP contribution in [0.25, 0.3) is 0 Å². The second-order valence-corrected chi connectivity index (χ2v) is 4.72. The lowest BCUT2D eigenvalue weighted by Crippen LogP contribution is -2.27. The number of para-hydroxylation sites is 1. The molecule has 120 valence electrons. The minimum atomic E-state index is -4.85. The molecule has 1 aromatic carbocycles. The highest BCUT2D eigenvalue weighted by Gasteiger charge is 2.33. The first-order chi connectivity index (χ1) is 9.38. The molecule has 1 aliphatic heterocycles. The van der Waals surface area contributed by atoms with E-state index in [0.29, 0.717) is 26.1 Å². The summed E-state index contributed by atoms with van der Waals surface area (Å²) in [6.07, 6.45) is -3.42. The van der Waals surface area contributed by atoms with Gasteiger partial charge in [0.2, 0.25) is 0 Å². The van der Waals surface area contributed by atoms with Gasteiger partial charge >= 0.3 is 6.36 Å². The Balaban J connectivity index is 0.00000220. The van der Waals surface area contributed by atoms with Gasteiger partial charge in [0.1, 0.15) is 0 Å². The van der Waals surface area contributed by atoms with Gasteiger partial charge in [0.15, 0.2) is 11.5 Å². The molecule has 1 aliphatic rings. The molecule has 0 saturated carbocycles. The summed E-state index contributed by atoms with van der Waals surface area (Å²) >= 11 is 0. The fourth-order valence-electron chi connectivity index (χ4n) is 2.34. The molecule has 8 heteroatoms. The zero-order valence-electron chi connectivity index (χ0n) is 11.1. The number of phenolic OH excluding ortho intramolecular Hbond substituents is 1. The number of benzene rings is 1. The number of phenols is 1. The van der Waals surface area contributed by atoms with E-state index in [1.165, 1.54) is 12.1 Å². The Morgan fingerprint density at radius 2 is 1.90 bits per heavy atom. The summed E-state index contributed by atoms with van der Waals surface area (Å²) in [7, 11) is 0. The van der Waals surface area contributed by atoms with Gasteiger partial charge < -0.3 is 20.3 Å². The van der Waals surface area contributed by atoms with Gasteiger partial charge in [-0.05, 0) is 24.8 Å². The molecule has 3 N–H and O–H groups in total. The smallest absolute Gasteiger partial charge is 0.504 e. The van der Waals surface area contributed by atoms with E-state index in [2.05, 4.69) is 4.74 Å². The lowest BCUT2D eigenvalue weighted by Gasteiger charge is -2.28. The molecule has 1 heterocycles. The normalized spacial score (nSPS) is 17.9. The molecule has 4 nitrogen and oxygen atoms in total. The molecule has 0 aromatic heterocycles. The largest absolute Gasteiger partial charge is 0.573 e. The van der Waals surface area contributed by atoms with Crippen molar-refractivity contribution < 1.29 is 27.8 Å². The predicted octanol–water partition coefficient (Wildman–Crippen LogP) is 3.14. The molecule has 0 unspecified atom stereocenters. The quantitative estimate of drug-likeness (QED) is 0.895. The van der Waals surface area contributed by atoms with Crippen molar-refractivity contribution >= 4 is 12.4 Å². The number of hydrogen-bond donors (Lipinski definition) is 2. The average Bonchev–Trinajstić information content (AvgIpc) is 2.40. The molecule has 0 radical (unpaired) electrons. The first kappa shape index (κ1) is 17.9. The third kappa shape index (κ3) is 4.66. The van der Waals surface area contributed by atoms with Crippen LogP contribution in [0.4, 0.5) is 13.2 Å². The second kappa shape index (κ2) is 7.20. The van der Waals surface area contributed by atoms with E-state index in [-0.39, 0.29) is 23.9 Å². The van der Waals surface area contributed by atoms with Gasteiger partial charge in [0.05, 0.1) is 0 Å². The van der Waals surface area contributed by atoms with Crippen LogP contribution in [-0.4, -0.2) is 24.7 Å². The predicted molar refractivity (Wildman–Crippen MR) is 72.5 cm³/mol. The maximum Gasteiger partial charge on any atom is 0.573 e. The Hall–Kier alpha value is -1.18. The Kier molecular flexibility index (Phi) is 6.12. The summed E-state index contributed by atoms with van der Waals surface area (Å²) in [5.41, 5.74) is 6.31. The summed E-state index contributed by atoms with van der Waals surface area (Å²) in [6.45, 7) is 1.13. The van der Waals surface area contributed by atoms with E-state index < -0.39 is 23.9 Å². The summed E-state index contributed by atoms with van der Waals surface area (Å²) < 4.78 is 45.7. The number of aromatic hydroxyl groups is 1. The van der Waals surface area contributed by atoms with Crippen LogP contribution < -0.4 is 10.5 Å². The minimum absolute atomic E-state index is 0. The number of alkyl halides is 3. The van der Waals surface area contributed by atoms with Gasteiger partial charge in [0.25, 0.3) is 0 Å². The monoisotopic (exact) mass is 327 g/mol. The summed E-state index contributed by atoms with van der Waals surface area (Å²) in [6, 6.07) is 3.41. The molecule has 1 aromatic rings. The number of rotatable bonds is 3. The number of ether oxygens (including phenoxy) is 2. The average molecular weight is 328 g/mol. The van der Waals surface area contributed by atoms with Crippen LogP contribution in [0.3, 0.4) is 0 Å². The van der Waals surface area contributed by atoms with Gasteiger partial charge in [-0.25, -0.2) is 0 Å². The first-order valence-electron chi connectivity index (χ1n) is 6.29. The highest BCUT2D eigenvalue weighted by atomic mass is 35.5. The standard InChI is InChI=1S/C13H16F3NO3.ClH/c14-13(15,16)20-10-3-1-2-9(12(10)18)11(17)8-4-6-19-7-5-8;/h1-3,8,11,18H,4-7,17H2;1H/t11-;/m1./s1. The van der Waals surface area contributed by atoms with Crippen LogP contribution in [0.1, 0.15) is 24.4 Å². The van der Waals surface area contributed by atoms with Crippen LogP contribution in [0.2, 0.25) is 0 Å². The van der Waals surface area contributed by atoms with E-state index in [4.69, 9.17) is 10.5 Å². The summed E-state index contributed by atoms with van der Waals surface area (Å²) in [4.78, 5) is 0. The van der Waals surface area contributed by atoms with Crippen LogP contribution in [0.15, 0.2) is 18.2 Å². The van der Waals surface area contributed by atoms with Gasteiger partial charge in [0, 0.05) is 24.8 Å². The number of nitrogens with two attached hydrogens (primary N) is 1. The SMILES string of the molecule is Cl.N[C@@H](c1cccc(OC(F)(F)F)c1O)C1CCOCC1. The zero-order valence-corrected chi connectivity index (χ0v) is 11.9. The van der Waals surface area contributed by atoms with Crippen LogP contribution in [0, 0.1) is 5.92 Å². The van der Waals surface area contributed by atoms with Gasteiger partial charge in [-0.1, -0.05) is 12.1 Å². The third-order valence-corrected chi connectivity index (χ3v) is 3.39. The lowest BCUT2D eigenvalue weighted by atomic mass is 9.87. The summed E-state index contributed by atoms with van der Waals surface area (Å²) in [5, 5.41) is 9.92. The Morgan fingerprint density at radius 1 is 1.29 bits per heavy atom. The Bertz CT molecular complexity index is 464. The maximum atomic E-state index is 12.2. The molecular weight excluding hydrogens is 311 g/mol. The molecule has 2 rings (SSSR count). The van der Waals surface area contributed by atoms with Crippen molar-refractivity contribution in [2.45, 2.75) is 25.2 Å². The molecule has 1 fully saturated rings. The van der Waals surface area contributed by atoms with E-state index in [0.717, 1.165) is 6.07 Å². The topological polar surface area (TPSA) is 64.7 Å². The fraction of sp³-hybridized carbons (Fsp3) is 0.538. The molecule has 1 atom stereocenters. The Labute approximate surface area is 126 Å². The van der Waals surface area contributed by atoms with Crippen LogP contribution >= 0.6 is 12.4 Å². The lowest BCUT2D eigenvalue weighted by molar-refractivity contribution is -0.275. The Morgan fingerprint density at radius 3 is 2.48 bits per heavy atom. The fourth-order valence-corrected chi connectivity index (χ4v) is 2.34. The van der Waals surface area contributed by atoms with Crippen LogP contribution in [0.5, 0.6) is 11.5 Å². The molecule has 0 amide bonds. The highest BCUT2D eigenvalue weighted by Crippen LogP contribution is 2.39.